The molecule has 102 valence electrons. The molecular weight excluding hydrogens is 292 g/mol. The lowest BCUT2D eigenvalue weighted by Crippen LogP contribution is -2.25. The van der Waals surface area contributed by atoms with Crippen LogP contribution in [0.15, 0.2) is 18.2 Å². The van der Waals surface area contributed by atoms with Gasteiger partial charge in [0, 0.05) is 4.83 Å². The molecule has 2 nitrogen and oxygen atoms in total. The van der Waals surface area contributed by atoms with E-state index in [1.165, 1.54) is 5.56 Å². The molecule has 18 heavy (non-hydrogen) atoms. The fourth-order valence-electron chi connectivity index (χ4n) is 1.71. The molecule has 0 N–H and O–H groups in total. The van der Waals surface area contributed by atoms with Crippen molar-refractivity contribution in [3.8, 4) is 11.5 Å². The largest absolute Gasteiger partial charge is 0.493 e. The molecule has 1 atom stereocenters. The van der Waals surface area contributed by atoms with Gasteiger partial charge in [-0.3, -0.25) is 0 Å². The zero-order valence-corrected chi connectivity index (χ0v) is 13.5. The van der Waals surface area contributed by atoms with Crippen LogP contribution in [0.2, 0.25) is 0 Å². The maximum absolute atomic E-state index is 5.33. The Morgan fingerprint density at radius 1 is 1.17 bits per heavy atom. The second kappa shape index (κ2) is 6.46. The molecule has 1 rings (SSSR count). The quantitative estimate of drug-likeness (QED) is 0.722. The summed E-state index contributed by atoms with van der Waals surface area (Å²) in [6.07, 6.45) is 2.14. The minimum atomic E-state index is 0.285. The van der Waals surface area contributed by atoms with E-state index in [9.17, 15) is 0 Å². The third-order valence-corrected chi connectivity index (χ3v) is 5.19. The van der Waals surface area contributed by atoms with E-state index in [0.29, 0.717) is 4.83 Å². The molecule has 0 saturated carbocycles. The fraction of sp³-hybridized carbons (Fsp3) is 0.600. The monoisotopic (exact) mass is 314 g/mol. The van der Waals surface area contributed by atoms with Gasteiger partial charge in [0.25, 0.3) is 0 Å². The summed E-state index contributed by atoms with van der Waals surface area (Å²) >= 11 is 3.81. The second-order valence-electron chi connectivity index (χ2n) is 5.20. The highest BCUT2D eigenvalue weighted by Gasteiger charge is 2.25. The van der Waals surface area contributed by atoms with E-state index in [1.807, 2.05) is 6.07 Å². The predicted molar refractivity (Wildman–Crippen MR) is 80.0 cm³/mol. The molecule has 0 spiro atoms. The topological polar surface area (TPSA) is 18.5 Å². The number of halogens is 1. The van der Waals surface area contributed by atoms with Gasteiger partial charge in [-0.25, -0.2) is 0 Å². The first-order valence-corrected chi connectivity index (χ1v) is 7.21. The average molecular weight is 315 g/mol. The first-order valence-electron chi connectivity index (χ1n) is 6.29. The zero-order chi connectivity index (χ0) is 13.8. The van der Waals surface area contributed by atoms with E-state index < -0.39 is 0 Å². The summed E-state index contributed by atoms with van der Waals surface area (Å²) in [5.41, 5.74) is 1.55. The van der Waals surface area contributed by atoms with E-state index in [-0.39, 0.29) is 5.41 Å². The Kier molecular flexibility index (Phi) is 5.51. The molecule has 3 heteroatoms. The average Bonchev–Trinajstić information content (AvgIpc) is 2.38. The van der Waals surface area contributed by atoms with Crippen LogP contribution in [-0.4, -0.2) is 19.0 Å². The number of hydrogen-bond donors (Lipinski definition) is 0. The summed E-state index contributed by atoms with van der Waals surface area (Å²) in [6.45, 7) is 6.79. The summed E-state index contributed by atoms with van der Waals surface area (Å²) in [5, 5.41) is 0. The van der Waals surface area contributed by atoms with Crippen LogP contribution >= 0.6 is 15.9 Å². The minimum Gasteiger partial charge on any atom is -0.493 e. The highest BCUT2D eigenvalue weighted by Crippen LogP contribution is 2.35. The summed E-state index contributed by atoms with van der Waals surface area (Å²) in [4.78, 5) is 0.452. The van der Waals surface area contributed by atoms with Gasteiger partial charge in [-0.15, -0.1) is 0 Å². The van der Waals surface area contributed by atoms with Crippen molar-refractivity contribution in [3.63, 3.8) is 0 Å². The van der Waals surface area contributed by atoms with Gasteiger partial charge < -0.3 is 9.47 Å². The number of ether oxygens (including phenoxy) is 2. The van der Waals surface area contributed by atoms with Crippen LogP contribution in [0.4, 0.5) is 0 Å². The van der Waals surface area contributed by atoms with Crippen LogP contribution in [0.3, 0.4) is 0 Å². The molecule has 0 radical (unpaired) electrons. The van der Waals surface area contributed by atoms with Crippen molar-refractivity contribution < 1.29 is 9.47 Å². The molecule has 0 aliphatic rings. The lowest BCUT2D eigenvalue weighted by molar-refractivity contribution is 0.338. The highest BCUT2D eigenvalue weighted by molar-refractivity contribution is 9.09. The van der Waals surface area contributed by atoms with E-state index in [2.05, 4.69) is 48.8 Å². The maximum Gasteiger partial charge on any atom is 0.160 e. The molecule has 0 aliphatic heterocycles. The number of benzene rings is 1. The number of methoxy groups -OCH3 is 2. The van der Waals surface area contributed by atoms with E-state index in [1.54, 1.807) is 14.2 Å². The van der Waals surface area contributed by atoms with Crippen molar-refractivity contribution in [2.45, 2.75) is 38.4 Å². The van der Waals surface area contributed by atoms with Gasteiger partial charge in [0.05, 0.1) is 14.2 Å². The smallest absolute Gasteiger partial charge is 0.160 e. The molecule has 1 unspecified atom stereocenters. The van der Waals surface area contributed by atoms with E-state index >= 15 is 0 Å². The lowest BCUT2D eigenvalue weighted by atomic mass is 9.84. The van der Waals surface area contributed by atoms with Crippen molar-refractivity contribution in [1.29, 1.82) is 0 Å². The standard InChI is InChI=1S/C15H23BrO2/c1-6-15(2,3)14(16)10-11-7-8-12(17-4)13(9-11)18-5/h7-9,14H,6,10H2,1-5H3. The summed E-state index contributed by atoms with van der Waals surface area (Å²) in [7, 11) is 3.33. The molecule has 0 fully saturated rings. The Bertz CT molecular complexity index is 388. The van der Waals surface area contributed by atoms with Crippen molar-refractivity contribution in [3.05, 3.63) is 23.8 Å². The second-order valence-corrected chi connectivity index (χ2v) is 6.31. The number of alkyl halides is 1. The van der Waals surface area contributed by atoms with Gasteiger partial charge in [-0.1, -0.05) is 42.8 Å². The first-order chi connectivity index (χ1) is 8.44. The minimum absolute atomic E-state index is 0.285. The lowest BCUT2D eigenvalue weighted by Gasteiger charge is -2.29. The van der Waals surface area contributed by atoms with Crippen LogP contribution < -0.4 is 9.47 Å². The molecule has 1 aromatic rings. The molecule has 0 aromatic heterocycles. The zero-order valence-electron chi connectivity index (χ0n) is 11.9. The van der Waals surface area contributed by atoms with Crippen molar-refractivity contribution in [2.75, 3.05) is 14.2 Å². The highest BCUT2D eigenvalue weighted by atomic mass is 79.9. The molecule has 0 amide bonds. The molecular formula is C15H23BrO2. The van der Waals surface area contributed by atoms with Crippen molar-refractivity contribution in [2.24, 2.45) is 5.41 Å². The van der Waals surface area contributed by atoms with Crippen LogP contribution in [0.1, 0.15) is 32.8 Å². The Morgan fingerprint density at radius 2 is 1.78 bits per heavy atom. The predicted octanol–water partition coefficient (Wildman–Crippen LogP) is 4.45. The fourth-order valence-corrected chi connectivity index (χ4v) is 2.41. The Balaban J connectivity index is 2.86. The first kappa shape index (κ1) is 15.4. The van der Waals surface area contributed by atoms with Gasteiger partial charge in [0.15, 0.2) is 11.5 Å². The van der Waals surface area contributed by atoms with Crippen LogP contribution in [0, 0.1) is 5.41 Å². The van der Waals surface area contributed by atoms with Gasteiger partial charge >= 0.3 is 0 Å². The van der Waals surface area contributed by atoms with Crippen molar-refractivity contribution in [1.82, 2.24) is 0 Å². The van der Waals surface area contributed by atoms with Crippen LogP contribution in [0.5, 0.6) is 11.5 Å². The van der Waals surface area contributed by atoms with Crippen LogP contribution in [0.25, 0.3) is 0 Å². The summed E-state index contributed by atoms with van der Waals surface area (Å²) in [5.74, 6) is 1.58. The van der Waals surface area contributed by atoms with Gasteiger partial charge in [0.2, 0.25) is 0 Å². The summed E-state index contributed by atoms with van der Waals surface area (Å²) < 4.78 is 10.6. The molecule has 0 aliphatic carbocycles. The summed E-state index contributed by atoms with van der Waals surface area (Å²) in [6, 6.07) is 6.12. The maximum atomic E-state index is 5.33. The van der Waals surface area contributed by atoms with E-state index in [4.69, 9.17) is 9.47 Å². The molecule has 1 aromatic carbocycles. The molecule has 0 bridgehead atoms. The number of hydrogen-bond acceptors (Lipinski definition) is 2. The molecule has 0 saturated heterocycles. The van der Waals surface area contributed by atoms with Crippen LogP contribution in [-0.2, 0) is 6.42 Å². The third-order valence-electron chi connectivity index (χ3n) is 3.62. The number of rotatable bonds is 6. The van der Waals surface area contributed by atoms with E-state index in [0.717, 1.165) is 24.3 Å². The third kappa shape index (κ3) is 3.64. The van der Waals surface area contributed by atoms with Gasteiger partial charge in [0.1, 0.15) is 0 Å². The van der Waals surface area contributed by atoms with Gasteiger partial charge in [-0.05, 0) is 36.0 Å². The van der Waals surface area contributed by atoms with Gasteiger partial charge in [-0.2, -0.15) is 0 Å². The normalized spacial score (nSPS) is 13.2. The SMILES string of the molecule is CCC(C)(C)C(Br)Cc1ccc(OC)c(OC)c1. The molecule has 0 heterocycles. The Morgan fingerprint density at radius 3 is 2.28 bits per heavy atom. The van der Waals surface area contributed by atoms with Crippen molar-refractivity contribution >= 4 is 15.9 Å². The Labute approximate surface area is 119 Å². The Hall–Kier alpha value is -0.700.